The summed E-state index contributed by atoms with van der Waals surface area (Å²) in [6.45, 7) is 4.48. The normalized spacial score (nSPS) is 15.4. The van der Waals surface area contributed by atoms with Gasteiger partial charge < -0.3 is 9.84 Å². The van der Waals surface area contributed by atoms with Crippen LogP contribution >= 0.6 is 11.6 Å². The van der Waals surface area contributed by atoms with Crippen LogP contribution in [0.5, 0.6) is 5.75 Å². The fourth-order valence-corrected chi connectivity index (χ4v) is 4.31. The number of hydrogen-bond donors (Lipinski definition) is 1. The number of pyridine rings is 1. The van der Waals surface area contributed by atoms with Gasteiger partial charge in [-0.1, -0.05) is 41.4 Å². The second-order valence-corrected chi connectivity index (χ2v) is 8.63. The first kappa shape index (κ1) is 23.7. The highest BCUT2D eigenvalue weighted by molar-refractivity contribution is 6.30. The minimum Gasteiger partial charge on any atom is -0.494 e. The molecule has 1 unspecified atom stereocenters. The van der Waals surface area contributed by atoms with Gasteiger partial charge in [-0.2, -0.15) is 5.10 Å². The minimum absolute atomic E-state index is 0.0702. The van der Waals surface area contributed by atoms with Crippen molar-refractivity contribution in [2.24, 2.45) is 5.10 Å². The van der Waals surface area contributed by atoms with Gasteiger partial charge in [-0.25, -0.2) is 9.99 Å². The van der Waals surface area contributed by atoms with Crippen LogP contribution in [0.1, 0.15) is 55.3 Å². The molecule has 0 saturated heterocycles. The molecule has 0 bridgehead atoms. The first-order chi connectivity index (χ1) is 16.4. The van der Waals surface area contributed by atoms with Crippen LogP contribution in [0.4, 0.5) is 0 Å². The number of hydrogen-bond acceptors (Lipinski definition) is 5. The van der Waals surface area contributed by atoms with E-state index in [1.54, 1.807) is 0 Å². The number of nitrogens with zero attached hydrogens (tertiary/aromatic N) is 3. The molecule has 0 saturated carbocycles. The van der Waals surface area contributed by atoms with E-state index in [-0.39, 0.29) is 25.2 Å². The van der Waals surface area contributed by atoms with Crippen molar-refractivity contribution >= 4 is 40.1 Å². The molecule has 1 N–H and O–H groups in total. The Balaban J connectivity index is 1.68. The van der Waals surface area contributed by atoms with Gasteiger partial charge in [-0.05, 0) is 44.0 Å². The van der Waals surface area contributed by atoms with Gasteiger partial charge in [-0.3, -0.25) is 9.59 Å². The van der Waals surface area contributed by atoms with Gasteiger partial charge in [0.15, 0.2) is 0 Å². The van der Waals surface area contributed by atoms with E-state index >= 15 is 0 Å². The summed E-state index contributed by atoms with van der Waals surface area (Å²) in [4.78, 5) is 28.5. The molecule has 7 nitrogen and oxygen atoms in total. The van der Waals surface area contributed by atoms with Crippen molar-refractivity contribution < 1.29 is 19.4 Å². The number of benzene rings is 2. The lowest BCUT2D eigenvalue weighted by Crippen LogP contribution is -2.27. The summed E-state index contributed by atoms with van der Waals surface area (Å²) in [7, 11) is 0. The van der Waals surface area contributed by atoms with Crippen LogP contribution in [0.2, 0.25) is 5.15 Å². The number of aromatic nitrogens is 1. The molecule has 34 heavy (non-hydrogen) atoms. The Morgan fingerprint density at radius 2 is 1.91 bits per heavy atom. The standard InChI is InChI=1S/C26H26ClN3O4/c1-3-34-19-12-11-18-13-20(26(27)28-21(18)14-19)23-15-22(17-9-7-16(2)8-10-17)29-30(23)24(31)5-4-6-25(32)33/h7-14,23H,3-6,15H2,1-2H3,(H,32,33). The van der Waals surface area contributed by atoms with Crippen molar-refractivity contribution in [1.29, 1.82) is 0 Å². The number of carboxylic acid groups (broad SMARTS) is 1. The summed E-state index contributed by atoms with van der Waals surface area (Å²) in [5, 5.41) is 16.2. The third kappa shape index (κ3) is 5.20. The first-order valence-electron chi connectivity index (χ1n) is 11.3. The summed E-state index contributed by atoms with van der Waals surface area (Å²) in [5.41, 5.74) is 4.25. The average molecular weight is 480 g/mol. The zero-order valence-corrected chi connectivity index (χ0v) is 19.9. The zero-order valence-electron chi connectivity index (χ0n) is 19.1. The smallest absolute Gasteiger partial charge is 0.303 e. The van der Waals surface area contributed by atoms with E-state index in [4.69, 9.17) is 21.4 Å². The fourth-order valence-electron chi connectivity index (χ4n) is 4.04. The van der Waals surface area contributed by atoms with E-state index in [9.17, 15) is 9.59 Å². The van der Waals surface area contributed by atoms with Gasteiger partial charge in [0.1, 0.15) is 10.9 Å². The van der Waals surface area contributed by atoms with Crippen molar-refractivity contribution in [2.75, 3.05) is 6.61 Å². The maximum Gasteiger partial charge on any atom is 0.303 e. The Labute approximate surface area is 203 Å². The molecule has 0 radical (unpaired) electrons. The van der Waals surface area contributed by atoms with E-state index in [2.05, 4.69) is 10.1 Å². The molecule has 0 aliphatic carbocycles. The molecule has 3 aromatic rings. The average Bonchev–Trinajstić information content (AvgIpc) is 3.24. The third-order valence-corrected chi connectivity index (χ3v) is 6.07. The second kappa shape index (κ2) is 10.2. The highest BCUT2D eigenvalue weighted by atomic mass is 35.5. The Hall–Kier alpha value is -3.45. The molecule has 1 aliphatic heterocycles. The Bertz CT molecular complexity index is 1260. The van der Waals surface area contributed by atoms with Gasteiger partial charge in [0.2, 0.25) is 5.91 Å². The second-order valence-electron chi connectivity index (χ2n) is 8.27. The van der Waals surface area contributed by atoms with Crippen LogP contribution in [0.25, 0.3) is 10.9 Å². The van der Waals surface area contributed by atoms with Crippen molar-refractivity contribution in [2.45, 2.75) is 45.6 Å². The number of amides is 1. The summed E-state index contributed by atoms with van der Waals surface area (Å²) >= 11 is 6.62. The van der Waals surface area contributed by atoms with Crippen LogP contribution in [-0.4, -0.2) is 39.3 Å². The van der Waals surface area contributed by atoms with Gasteiger partial charge in [0, 0.05) is 36.3 Å². The SMILES string of the molecule is CCOc1ccc2cc(C3CC(c4ccc(C)cc4)=NN3C(=O)CCCC(=O)O)c(Cl)nc2c1. The highest BCUT2D eigenvalue weighted by Crippen LogP contribution is 2.38. The van der Waals surface area contributed by atoms with Crippen LogP contribution in [0.15, 0.2) is 53.6 Å². The first-order valence-corrected chi connectivity index (χ1v) is 11.6. The number of carbonyl (C=O) groups is 2. The molecule has 1 aliphatic rings. The maximum absolute atomic E-state index is 13.1. The molecule has 1 amide bonds. The largest absolute Gasteiger partial charge is 0.494 e. The molecule has 2 aromatic carbocycles. The summed E-state index contributed by atoms with van der Waals surface area (Å²) in [6, 6.07) is 15.1. The van der Waals surface area contributed by atoms with E-state index in [0.717, 1.165) is 22.2 Å². The molecule has 4 rings (SSSR count). The Morgan fingerprint density at radius 1 is 1.15 bits per heavy atom. The van der Waals surface area contributed by atoms with E-state index in [0.29, 0.717) is 35.0 Å². The van der Waals surface area contributed by atoms with Gasteiger partial charge in [0.05, 0.1) is 23.9 Å². The van der Waals surface area contributed by atoms with Crippen LogP contribution < -0.4 is 4.74 Å². The molecule has 0 spiro atoms. The third-order valence-electron chi connectivity index (χ3n) is 5.77. The number of rotatable bonds is 8. The van der Waals surface area contributed by atoms with Crippen molar-refractivity contribution in [3.8, 4) is 5.75 Å². The summed E-state index contributed by atoms with van der Waals surface area (Å²) < 4.78 is 5.56. The predicted octanol–water partition coefficient (Wildman–Crippen LogP) is 5.53. The number of fused-ring (bicyclic) bond motifs is 1. The summed E-state index contributed by atoms with van der Waals surface area (Å²) in [5.74, 6) is -0.452. The van der Waals surface area contributed by atoms with Crippen LogP contribution in [0, 0.1) is 6.92 Å². The number of ether oxygens (including phenoxy) is 1. The zero-order chi connectivity index (χ0) is 24.2. The molecule has 8 heteroatoms. The lowest BCUT2D eigenvalue weighted by molar-refractivity contribution is -0.137. The van der Waals surface area contributed by atoms with Crippen molar-refractivity contribution in [1.82, 2.24) is 9.99 Å². The molecular formula is C26H26ClN3O4. The van der Waals surface area contributed by atoms with Crippen LogP contribution in [-0.2, 0) is 9.59 Å². The molecule has 1 atom stereocenters. The number of carbonyl (C=O) groups excluding carboxylic acids is 1. The quantitative estimate of drug-likeness (QED) is 0.429. The molecular weight excluding hydrogens is 454 g/mol. The summed E-state index contributed by atoms with van der Waals surface area (Å²) in [6.07, 6.45) is 0.747. The van der Waals surface area contributed by atoms with Gasteiger partial charge in [0.25, 0.3) is 0 Å². The van der Waals surface area contributed by atoms with Crippen molar-refractivity contribution in [3.05, 3.63) is 70.4 Å². The van der Waals surface area contributed by atoms with E-state index in [1.807, 2.05) is 62.4 Å². The van der Waals surface area contributed by atoms with Gasteiger partial charge in [-0.15, -0.1) is 0 Å². The molecule has 2 heterocycles. The van der Waals surface area contributed by atoms with E-state index in [1.165, 1.54) is 5.01 Å². The number of carboxylic acids is 1. The molecule has 1 aromatic heterocycles. The maximum atomic E-state index is 13.1. The topological polar surface area (TPSA) is 92.1 Å². The van der Waals surface area contributed by atoms with E-state index < -0.39 is 12.0 Å². The lowest BCUT2D eigenvalue weighted by Gasteiger charge is -2.23. The lowest BCUT2D eigenvalue weighted by atomic mass is 9.97. The monoisotopic (exact) mass is 479 g/mol. The number of aryl methyl sites for hydroxylation is 1. The number of hydrazone groups is 1. The van der Waals surface area contributed by atoms with Crippen molar-refractivity contribution in [3.63, 3.8) is 0 Å². The Kier molecular flexibility index (Phi) is 7.12. The highest BCUT2D eigenvalue weighted by Gasteiger charge is 2.34. The number of aliphatic carboxylic acids is 1. The molecule has 0 fully saturated rings. The molecule has 176 valence electrons. The Morgan fingerprint density at radius 3 is 2.62 bits per heavy atom. The number of halogens is 1. The minimum atomic E-state index is -0.928. The predicted molar refractivity (Wildman–Crippen MR) is 131 cm³/mol. The van der Waals surface area contributed by atoms with Gasteiger partial charge >= 0.3 is 5.97 Å². The van der Waals surface area contributed by atoms with Crippen LogP contribution in [0.3, 0.4) is 0 Å². The fraction of sp³-hybridized carbons (Fsp3) is 0.308.